The summed E-state index contributed by atoms with van der Waals surface area (Å²) in [7, 11) is -4.22. The van der Waals surface area contributed by atoms with Crippen molar-refractivity contribution in [2.75, 3.05) is 0 Å². The highest BCUT2D eigenvalue weighted by Crippen LogP contribution is 2.27. The topological polar surface area (TPSA) is 54.4 Å². The smallest absolute Gasteiger partial charge is 0.282 e. The molecule has 1 N–H and O–H groups in total. The summed E-state index contributed by atoms with van der Waals surface area (Å²) in [6, 6.07) is 0. The van der Waals surface area contributed by atoms with Crippen LogP contribution in [0.15, 0.2) is 34.8 Å². The molecule has 0 aromatic carbocycles. The van der Waals surface area contributed by atoms with Crippen molar-refractivity contribution in [2.24, 2.45) is 17.8 Å². The van der Waals surface area contributed by atoms with E-state index in [-0.39, 0.29) is 22.7 Å². The third-order valence-corrected chi connectivity index (χ3v) is 3.68. The lowest BCUT2D eigenvalue weighted by molar-refractivity contribution is 0.490. The molecule has 0 aromatic heterocycles. The van der Waals surface area contributed by atoms with Crippen molar-refractivity contribution >= 4 is 10.1 Å². The number of hydrogen-bond donors (Lipinski definition) is 1. The van der Waals surface area contributed by atoms with Gasteiger partial charge in [0.15, 0.2) is 0 Å². The summed E-state index contributed by atoms with van der Waals surface area (Å²) in [5.41, 5.74) is 1.46. The normalized spacial score (nSPS) is 14.6. The summed E-state index contributed by atoms with van der Waals surface area (Å²) >= 11 is 0. The van der Waals surface area contributed by atoms with Crippen LogP contribution in [0.4, 0.5) is 0 Å². The lowest BCUT2D eigenvalue weighted by Gasteiger charge is -2.16. The fourth-order valence-corrected chi connectivity index (χ4v) is 2.56. The molecule has 0 aliphatic heterocycles. The van der Waals surface area contributed by atoms with Gasteiger partial charge in [0.1, 0.15) is 0 Å². The summed E-state index contributed by atoms with van der Waals surface area (Å²) in [5.74, 6) is 0.254. The number of rotatable bonds is 6. The van der Waals surface area contributed by atoms with Crippen molar-refractivity contribution in [3.8, 4) is 0 Å². The molecule has 0 saturated heterocycles. The Morgan fingerprint density at radius 3 is 1.79 bits per heavy atom. The Morgan fingerprint density at radius 2 is 1.53 bits per heavy atom. The molecule has 0 aromatic rings. The van der Waals surface area contributed by atoms with Crippen molar-refractivity contribution in [3.63, 3.8) is 0 Å². The molecule has 0 spiro atoms. The van der Waals surface area contributed by atoms with Gasteiger partial charge in [-0.2, -0.15) is 8.42 Å². The van der Waals surface area contributed by atoms with Gasteiger partial charge in [0, 0.05) is 0 Å². The van der Waals surface area contributed by atoms with Gasteiger partial charge < -0.3 is 0 Å². The summed E-state index contributed by atoms with van der Waals surface area (Å²) in [6.45, 7) is 15.5. The zero-order valence-electron chi connectivity index (χ0n) is 12.8. The third kappa shape index (κ3) is 6.21. The van der Waals surface area contributed by atoms with Gasteiger partial charge >= 0.3 is 0 Å². The Labute approximate surface area is 117 Å². The highest BCUT2D eigenvalue weighted by molar-refractivity contribution is 7.90. The molecular weight excluding hydrogens is 260 g/mol. The zero-order chi connectivity index (χ0) is 15.4. The molecule has 0 amide bonds. The van der Waals surface area contributed by atoms with Gasteiger partial charge in [0.05, 0.1) is 4.91 Å². The van der Waals surface area contributed by atoms with Crippen molar-refractivity contribution in [1.29, 1.82) is 0 Å². The van der Waals surface area contributed by atoms with E-state index in [9.17, 15) is 13.0 Å². The molecule has 0 rings (SSSR count). The molecule has 0 bridgehead atoms. The Morgan fingerprint density at radius 1 is 1.05 bits per heavy atom. The standard InChI is InChI=1S/C15H26O3S/c1-10(2)8-15(19(16,17)18)14(12(5)6)9-13(7)11(3)4/h8-12H,7H2,1-6H3,(H,16,17,18)/b14-9-,15-8-. The van der Waals surface area contributed by atoms with Crippen molar-refractivity contribution in [1.82, 2.24) is 0 Å². The van der Waals surface area contributed by atoms with E-state index in [2.05, 4.69) is 6.58 Å². The van der Waals surface area contributed by atoms with Crippen LogP contribution in [0.1, 0.15) is 41.5 Å². The maximum Gasteiger partial charge on any atom is 0.294 e. The van der Waals surface area contributed by atoms with Crippen LogP contribution in [-0.2, 0) is 10.1 Å². The Balaban J connectivity index is 5.91. The highest BCUT2D eigenvalue weighted by Gasteiger charge is 2.22. The van der Waals surface area contributed by atoms with Crippen LogP contribution in [0.2, 0.25) is 0 Å². The van der Waals surface area contributed by atoms with Gasteiger partial charge in [-0.15, -0.1) is 0 Å². The monoisotopic (exact) mass is 286 g/mol. The maximum atomic E-state index is 11.6. The predicted octanol–water partition coefficient (Wildman–Crippen LogP) is 4.21. The Kier molecular flexibility index (Phi) is 6.73. The first-order chi connectivity index (χ1) is 8.46. The number of allylic oxidation sites excluding steroid dienone is 4. The molecule has 19 heavy (non-hydrogen) atoms. The van der Waals surface area contributed by atoms with Crippen molar-refractivity contribution < 1.29 is 13.0 Å². The van der Waals surface area contributed by atoms with Crippen LogP contribution >= 0.6 is 0 Å². The van der Waals surface area contributed by atoms with Crippen molar-refractivity contribution in [2.45, 2.75) is 41.5 Å². The van der Waals surface area contributed by atoms with E-state index in [1.54, 1.807) is 12.2 Å². The third-order valence-electron chi connectivity index (χ3n) is 2.75. The van der Waals surface area contributed by atoms with E-state index in [1.165, 1.54) is 0 Å². The van der Waals surface area contributed by atoms with Crippen LogP contribution in [0, 0.1) is 17.8 Å². The molecule has 3 nitrogen and oxygen atoms in total. The second-order valence-corrected chi connectivity index (χ2v) is 7.12. The summed E-state index contributed by atoms with van der Waals surface area (Å²) < 4.78 is 32.6. The molecule has 0 atom stereocenters. The van der Waals surface area contributed by atoms with E-state index in [4.69, 9.17) is 0 Å². The predicted molar refractivity (Wildman–Crippen MR) is 81.4 cm³/mol. The number of hydrogen-bond acceptors (Lipinski definition) is 2. The average Bonchev–Trinajstić information content (AvgIpc) is 2.20. The first kappa shape index (κ1) is 18.1. The van der Waals surface area contributed by atoms with E-state index >= 15 is 0 Å². The van der Waals surface area contributed by atoms with Crippen LogP contribution in [0.3, 0.4) is 0 Å². The Bertz CT molecular complexity index is 478. The van der Waals surface area contributed by atoms with Gasteiger partial charge in [-0.1, -0.05) is 65.8 Å². The van der Waals surface area contributed by atoms with Gasteiger partial charge in [-0.25, -0.2) is 0 Å². The minimum absolute atomic E-state index is 0.000648. The second-order valence-electron chi connectivity index (χ2n) is 5.73. The van der Waals surface area contributed by atoms with Gasteiger partial charge in [-0.05, 0) is 23.3 Å². The van der Waals surface area contributed by atoms with E-state index in [0.717, 1.165) is 5.57 Å². The minimum atomic E-state index is -4.22. The van der Waals surface area contributed by atoms with Gasteiger partial charge in [-0.3, -0.25) is 4.55 Å². The zero-order valence-corrected chi connectivity index (χ0v) is 13.6. The average molecular weight is 286 g/mol. The van der Waals surface area contributed by atoms with Crippen molar-refractivity contribution in [3.05, 3.63) is 34.8 Å². The molecular formula is C15H26O3S. The van der Waals surface area contributed by atoms with E-state index in [1.807, 2.05) is 41.5 Å². The molecule has 0 saturated carbocycles. The fraction of sp³-hybridized carbons (Fsp3) is 0.600. The molecule has 0 fully saturated rings. The van der Waals surface area contributed by atoms with Gasteiger partial charge in [0.25, 0.3) is 10.1 Å². The largest absolute Gasteiger partial charge is 0.294 e. The molecule has 0 unspecified atom stereocenters. The molecule has 110 valence electrons. The lowest BCUT2D eigenvalue weighted by atomic mass is 9.95. The van der Waals surface area contributed by atoms with E-state index in [0.29, 0.717) is 5.57 Å². The second kappa shape index (κ2) is 7.06. The molecule has 4 heteroatoms. The SMILES string of the molecule is C=C(/C=C(\C(=C\C(C)C)S(=O)(=O)O)C(C)C)C(C)C. The fourth-order valence-electron chi connectivity index (χ4n) is 1.52. The quantitative estimate of drug-likeness (QED) is 0.588. The molecule has 0 aliphatic rings. The van der Waals surface area contributed by atoms with Gasteiger partial charge in [0.2, 0.25) is 0 Å². The first-order valence-electron chi connectivity index (χ1n) is 6.56. The van der Waals surface area contributed by atoms with Crippen LogP contribution in [0.25, 0.3) is 0 Å². The summed E-state index contributed by atoms with van der Waals surface area (Å²) in [5, 5.41) is 0. The summed E-state index contributed by atoms with van der Waals surface area (Å²) in [4.78, 5) is -0.000648. The molecule has 0 radical (unpaired) electrons. The minimum Gasteiger partial charge on any atom is -0.282 e. The van der Waals surface area contributed by atoms with Crippen LogP contribution in [0.5, 0.6) is 0 Å². The van der Waals surface area contributed by atoms with Crippen LogP contribution in [-0.4, -0.2) is 13.0 Å². The summed E-state index contributed by atoms with van der Waals surface area (Å²) in [6.07, 6.45) is 3.35. The van der Waals surface area contributed by atoms with E-state index < -0.39 is 10.1 Å². The lowest BCUT2D eigenvalue weighted by Crippen LogP contribution is -2.11. The maximum absolute atomic E-state index is 11.6. The molecule has 0 aliphatic carbocycles. The Hall–Kier alpha value is -0.870. The first-order valence-corrected chi connectivity index (χ1v) is 8.00. The highest BCUT2D eigenvalue weighted by atomic mass is 32.2. The van der Waals surface area contributed by atoms with Crippen LogP contribution < -0.4 is 0 Å². The molecule has 0 heterocycles.